The molecule has 30 heavy (non-hydrogen) atoms. The molecule has 0 aromatic heterocycles. The van der Waals surface area contributed by atoms with Gasteiger partial charge in [-0.1, -0.05) is 33.8 Å². The standard InChI is InChI=1S/C26H27N3O/c1-25(2)8-10-29-11-9-26(3,4)23-14-18(13-22(25)24(23)29)5-6-21-15-19(7-12-30-21)20(16-27)17-28/h5-7,12-15H,8-11H2,1-4H3. The van der Waals surface area contributed by atoms with Gasteiger partial charge in [0.15, 0.2) is 0 Å². The molecular formula is C26H27N3O. The van der Waals surface area contributed by atoms with Crippen LogP contribution < -0.4 is 4.90 Å². The van der Waals surface area contributed by atoms with Crippen LogP contribution in [0.5, 0.6) is 0 Å². The third-order valence-corrected chi connectivity index (χ3v) is 6.62. The molecule has 0 spiro atoms. The molecule has 0 atom stereocenters. The fourth-order valence-electron chi connectivity index (χ4n) is 4.56. The highest BCUT2D eigenvalue weighted by molar-refractivity contribution is 5.72. The largest absolute Gasteiger partial charge is 0.465 e. The van der Waals surface area contributed by atoms with Gasteiger partial charge in [-0.3, -0.25) is 0 Å². The van der Waals surface area contributed by atoms with E-state index in [2.05, 4.69) is 50.8 Å². The van der Waals surface area contributed by atoms with Crippen molar-refractivity contribution in [2.24, 2.45) is 0 Å². The number of hydrogen-bond donors (Lipinski definition) is 0. The van der Waals surface area contributed by atoms with Gasteiger partial charge in [-0.05, 0) is 70.7 Å². The topological polar surface area (TPSA) is 60.0 Å². The molecule has 3 heterocycles. The van der Waals surface area contributed by atoms with E-state index in [9.17, 15) is 0 Å². The second kappa shape index (κ2) is 7.22. The summed E-state index contributed by atoms with van der Waals surface area (Å²) in [4.78, 5) is 2.56. The van der Waals surface area contributed by atoms with E-state index >= 15 is 0 Å². The highest BCUT2D eigenvalue weighted by Crippen LogP contribution is 2.49. The van der Waals surface area contributed by atoms with E-state index in [0.29, 0.717) is 11.3 Å². The molecule has 0 amide bonds. The number of allylic oxidation sites excluding steroid dienone is 5. The Kier molecular flexibility index (Phi) is 4.83. The van der Waals surface area contributed by atoms with Crippen molar-refractivity contribution in [2.75, 3.05) is 18.0 Å². The van der Waals surface area contributed by atoms with Crippen LogP contribution in [-0.4, -0.2) is 13.1 Å². The van der Waals surface area contributed by atoms with Crippen LogP contribution in [-0.2, 0) is 15.6 Å². The zero-order valence-electron chi connectivity index (χ0n) is 18.1. The quantitative estimate of drug-likeness (QED) is 0.606. The first kappa shape index (κ1) is 20.0. The van der Waals surface area contributed by atoms with Gasteiger partial charge in [-0.15, -0.1) is 0 Å². The maximum absolute atomic E-state index is 9.11. The van der Waals surface area contributed by atoms with Gasteiger partial charge in [0.05, 0.1) is 6.26 Å². The molecule has 0 N–H and O–H groups in total. The monoisotopic (exact) mass is 397 g/mol. The molecule has 0 unspecified atom stereocenters. The Morgan fingerprint density at radius 1 is 1.00 bits per heavy atom. The highest BCUT2D eigenvalue weighted by Gasteiger charge is 2.39. The minimum atomic E-state index is 0.0854. The van der Waals surface area contributed by atoms with Crippen molar-refractivity contribution < 1.29 is 4.74 Å². The molecule has 3 aliphatic heterocycles. The number of rotatable bonds is 2. The number of nitriles is 2. The van der Waals surface area contributed by atoms with Crippen molar-refractivity contribution in [3.63, 3.8) is 0 Å². The van der Waals surface area contributed by atoms with E-state index in [4.69, 9.17) is 15.3 Å². The molecule has 4 heteroatoms. The second-order valence-electron chi connectivity index (χ2n) is 9.57. The van der Waals surface area contributed by atoms with Gasteiger partial charge in [-0.25, -0.2) is 0 Å². The Balaban J connectivity index is 1.76. The van der Waals surface area contributed by atoms with Crippen molar-refractivity contribution in [1.29, 1.82) is 10.5 Å². The molecule has 4 nitrogen and oxygen atoms in total. The third-order valence-electron chi connectivity index (χ3n) is 6.62. The lowest BCUT2D eigenvalue weighted by Crippen LogP contribution is -2.44. The van der Waals surface area contributed by atoms with E-state index in [-0.39, 0.29) is 16.4 Å². The average Bonchev–Trinajstić information content (AvgIpc) is 2.72. The SMILES string of the molecule is CC1(C)CCN2CCC(C)(C)c3cc(C=CC4=CC(=C(C#N)C#N)C=CO4)cc1c32. The molecule has 0 radical (unpaired) electrons. The van der Waals surface area contributed by atoms with E-state index in [0.717, 1.165) is 31.5 Å². The first-order chi connectivity index (χ1) is 14.2. The fraction of sp³-hybridized carbons (Fsp3) is 0.385. The van der Waals surface area contributed by atoms with Gasteiger partial charge in [0.1, 0.15) is 23.5 Å². The van der Waals surface area contributed by atoms with Crippen molar-refractivity contribution in [1.82, 2.24) is 0 Å². The van der Waals surface area contributed by atoms with Gasteiger partial charge in [0.25, 0.3) is 0 Å². The first-order valence-electron chi connectivity index (χ1n) is 10.5. The number of nitrogens with zero attached hydrogens (tertiary/aromatic N) is 3. The number of hydrogen-bond acceptors (Lipinski definition) is 4. The molecule has 0 fully saturated rings. The Hall–Kier alpha value is -3.24. The number of ether oxygens (including phenoxy) is 1. The van der Waals surface area contributed by atoms with Crippen LogP contribution in [0, 0.1) is 22.7 Å². The lowest BCUT2D eigenvalue weighted by atomic mass is 9.69. The summed E-state index contributed by atoms with van der Waals surface area (Å²) in [5.74, 6) is 0.613. The van der Waals surface area contributed by atoms with Crippen LogP contribution in [0.4, 0.5) is 5.69 Å². The highest BCUT2D eigenvalue weighted by atomic mass is 16.5. The maximum atomic E-state index is 9.11. The normalized spacial score (nSPS) is 20.7. The van der Waals surface area contributed by atoms with Crippen molar-refractivity contribution >= 4 is 11.8 Å². The number of anilines is 1. The van der Waals surface area contributed by atoms with Crippen LogP contribution in [0.3, 0.4) is 0 Å². The summed E-state index contributed by atoms with van der Waals surface area (Å²) in [5, 5.41) is 18.2. The van der Waals surface area contributed by atoms with Gasteiger partial charge < -0.3 is 9.64 Å². The summed E-state index contributed by atoms with van der Waals surface area (Å²) in [6.45, 7) is 11.6. The lowest BCUT2D eigenvalue weighted by molar-refractivity contribution is 0.364. The lowest BCUT2D eigenvalue weighted by Gasteiger charge is -2.48. The Labute approximate surface area is 179 Å². The Bertz CT molecular complexity index is 1040. The van der Waals surface area contributed by atoms with Gasteiger partial charge in [0.2, 0.25) is 0 Å². The molecule has 0 saturated heterocycles. The third kappa shape index (κ3) is 3.44. The average molecular weight is 398 g/mol. The second-order valence-corrected chi connectivity index (χ2v) is 9.57. The van der Waals surface area contributed by atoms with E-state index < -0.39 is 0 Å². The van der Waals surface area contributed by atoms with Gasteiger partial charge >= 0.3 is 0 Å². The van der Waals surface area contributed by atoms with Crippen molar-refractivity contribution in [3.05, 3.63) is 70.2 Å². The maximum Gasteiger partial charge on any atom is 0.137 e. The molecule has 1 aromatic rings. The predicted molar refractivity (Wildman–Crippen MR) is 120 cm³/mol. The summed E-state index contributed by atoms with van der Waals surface area (Å²) < 4.78 is 5.58. The Morgan fingerprint density at radius 2 is 1.60 bits per heavy atom. The fourth-order valence-corrected chi connectivity index (χ4v) is 4.56. The molecule has 0 saturated carbocycles. The van der Waals surface area contributed by atoms with Crippen molar-refractivity contribution in [2.45, 2.75) is 51.4 Å². The van der Waals surface area contributed by atoms with Crippen LogP contribution >= 0.6 is 0 Å². The summed E-state index contributed by atoms with van der Waals surface area (Å²) >= 11 is 0. The zero-order chi connectivity index (χ0) is 21.5. The predicted octanol–water partition coefficient (Wildman–Crippen LogP) is 5.64. The van der Waals surface area contributed by atoms with Gasteiger partial charge in [-0.2, -0.15) is 10.5 Å². The summed E-state index contributed by atoms with van der Waals surface area (Å²) in [6, 6.07) is 8.49. The van der Waals surface area contributed by atoms with Crippen LogP contribution in [0.25, 0.3) is 6.08 Å². The Morgan fingerprint density at radius 3 is 2.17 bits per heavy atom. The van der Waals surface area contributed by atoms with Crippen molar-refractivity contribution in [3.8, 4) is 12.1 Å². The molecular weight excluding hydrogens is 370 g/mol. The van der Waals surface area contributed by atoms with E-state index in [1.54, 1.807) is 12.2 Å². The molecule has 4 rings (SSSR count). The van der Waals surface area contributed by atoms with E-state index in [1.807, 2.05) is 18.2 Å². The summed E-state index contributed by atoms with van der Waals surface area (Å²) in [7, 11) is 0. The van der Waals surface area contributed by atoms with Crippen LogP contribution in [0.1, 0.15) is 57.2 Å². The van der Waals surface area contributed by atoms with Crippen LogP contribution in [0.15, 0.2) is 53.5 Å². The number of benzene rings is 1. The minimum Gasteiger partial charge on any atom is -0.465 e. The molecule has 152 valence electrons. The first-order valence-corrected chi connectivity index (χ1v) is 10.5. The van der Waals surface area contributed by atoms with Gasteiger partial charge in [0, 0.05) is 24.4 Å². The smallest absolute Gasteiger partial charge is 0.137 e. The molecule has 1 aromatic carbocycles. The molecule has 0 bridgehead atoms. The summed E-state index contributed by atoms with van der Waals surface area (Å²) in [5.41, 5.74) is 6.39. The zero-order valence-corrected chi connectivity index (χ0v) is 18.1. The molecule has 3 aliphatic rings. The van der Waals surface area contributed by atoms with E-state index in [1.165, 1.54) is 23.1 Å². The summed E-state index contributed by atoms with van der Waals surface area (Å²) in [6.07, 6.45) is 11.2. The molecule has 0 aliphatic carbocycles. The van der Waals surface area contributed by atoms with Crippen LogP contribution in [0.2, 0.25) is 0 Å². The minimum absolute atomic E-state index is 0.0854.